The quantitative estimate of drug-likeness (QED) is 0.776. The third kappa shape index (κ3) is 4.63. The molecule has 0 atom stereocenters. The Labute approximate surface area is 153 Å². The molecule has 0 bridgehead atoms. The van der Waals surface area contributed by atoms with E-state index in [2.05, 4.69) is 5.32 Å². The Morgan fingerprint density at radius 2 is 1.85 bits per heavy atom. The van der Waals surface area contributed by atoms with Crippen LogP contribution in [0.4, 0.5) is 5.69 Å². The van der Waals surface area contributed by atoms with Crippen LogP contribution in [0.25, 0.3) is 0 Å². The van der Waals surface area contributed by atoms with Crippen LogP contribution in [0, 0.1) is 0 Å². The zero-order valence-electron chi connectivity index (χ0n) is 14.9. The zero-order valence-corrected chi connectivity index (χ0v) is 14.9. The van der Waals surface area contributed by atoms with Gasteiger partial charge in [-0.15, -0.1) is 0 Å². The molecule has 2 aromatic rings. The minimum Gasteiger partial charge on any atom is -0.482 e. The molecule has 26 heavy (non-hydrogen) atoms. The number of benzene rings is 2. The molecule has 0 aliphatic heterocycles. The van der Waals surface area contributed by atoms with Crippen molar-refractivity contribution in [3.8, 4) is 5.75 Å². The summed E-state index contributed by atoms with van der Waals surface area (Å²) >= 11 is 0. The molecule has 5 nitrogen and oxygen atoms in total. The topological polar surface area (TPSA) is 64.6 Å². The van der Waals surface area contributed by atoms with Gasteiger partial charge in [0.15, 0.2) is 13.2 Å². The van der Waals surface area contributed by atoms with Crippen molar-refractivity contribution in [1.82, 2.24) is 0 Å². The number of carbonyl (C=O) groups is 2. The van der Waals surface area contributed by atoms with Crippen LogP contribution in [0.1, 0.15) is 30.0 Å². The number of para-hydroxylation sites is 1. The molecule has 0 aromatic heterocycles. The molecule has 3 rings (SSSR count). The predicted octanol–water partition coefficient (Wildman–Crippen LogP) is 3.30. The highest BCUT2D eigenvalue weighted by Crippen LogP contribution is 2.26. The monoisotopic (exact) mass is 353 g/mol. The van der Waals surface area contributed by atoms with Gasteiger partial charge in [0.05, 0.1) is 0 Å². The summed E-state index contributed by atoms with van der Waals surface area (Å²) in [5.74, 6) is -0.273. The molecule has 0 fully saturated rings. The van der Waals surface area contributed by atoms with Gasteiger partial charge in [-0.05, 0) is 60.6 Å². The average Bonchev–Trinajstić information content (AvgIpc) is 3.13. The van der Waals surface area contributed by atoms with E-state index in [0.29, 0.717) is 5.75 Å². The number of ether oxygens (including phenoxy) is 2. The predicted molar refractivity (Wildman–Crippen MR) is 99.4 cm³/mol. The lowest BCUT2D eigenvalue weighted by Crippen LogP contribution is -2.24. The molecule has 0 spiro atoms. The second-order valence-corrected chi connectivity index (χ2v) is 6.29. The summed E-state index contributed by atoms with van der Waals surface area (Å²) in [6, 6.07) is 13.4. The van der Waals surface area contributed by atoms with Gasteiger partial charge in [0.2, 0.25) is 0 Å². The molecule has 1 amide bonds. The van der Waals surface area contributed by atoms with Crippen molar-refractivity contribution in [2.45, 2.75) is 32.6 Å². The first-order valence-electron chi connectivity index (χ1n) is 8.93. The van der Waals surface area contributed by atoms with Gasteiger partial charge in [0.1, 0.15) is 5.75 Å². The molecule has 0 radical (unpaired) electrons. The number of aryl methyl sites for hydroxylation is 3. The van der Waals surface area contributed by atoms with E-state index in [1.54, 1.807) is 0 Å². The van der Waals surface area contributed by atoms with E-state index < -0.39 is 5.97 Å². The standard InChI is InChI=1S/C21H23NO4/c1-2-15-6-3-4-9-19(15)22-20(23)13-26-21(24)14-25-18-11-10-16-7-5-8-17(16)12-18/h3-4,6,9-12H,2,5,7-8,13-14H2,1H3,(H,22,23). The van der Waals surface area contributed by atoms with Crippen molar-refractivity contribution in [2.75, 3.05) is 18.5 Å². The van der Waals surface area contributed by atoms with Crippen LogP contribution in [0.3, 0.4) is 0 Å². The molecule has 0 heterocycles. The van der Waals surface area contributed by atoms with Crippen molar-refractivity contribution in [2.24, 2.45) is 0 Å². The molecule has 0 unspecified atom stereocenters. The maximum Gasteiger partial charge on any atom is 0.344 e. The first-order chi connectivity index (χ1) is 12.7. The van der Waals surface area contributed by atoms with Crippen LogP contribution in [-0.4, -0.2) is 25.1 Å². The molecular weight excluding hydrogens is 330 g/mol. The summed E-state index contributed by atoms with van der Waals surface area (Å²) in [6.45, 7) is 1.48. The van der Waals surface area contributed by atoms with Crippen LogP contribution in [0.2, 0.25) is 0 Å². The minimum absolute atomic E-state index is 0.211. The summed E-state index contributed by atoms with van der Waals surface area (Å²) in [5.41, 5.74) is 4.41. The van der Waals surface area contributed by atoms with Gasteiger partial charge < -0.3 is 14.8 Å². The lowest BCUT2D eigenvalue weighted by atomic mass is 10.1. The zero-order chi connectivity index (χ0) is 18.4. The van der Waals surface area contributed by atoms with Crippen molar-refractivity contribution < 1.29 is 19.1 Å². The molecule has 1 aliphatic carbocycles. The fourth-order valence-corrected chi connectivity index (χ4v) is 3.10. The molecule has 1 N–H and O–H groups in total. The number of fused-ring (bicyclic) bond motifs is 1. The van der Waals surface area contributed by atoms with Gasteiger partial charge in [-0.1, -0.05) is 31.2 Å². The summed E-state index contributed by atoms with van der Waals surface area (Å²) in [5, 5.41) is 2.76. The van der Waals surface area contributed by atoms with E-state index >= 15 is 0 Å². The van der Waals surface area contributed by atoms with E-state index in [0.717, 1.165) is 36.9 Å². The van der Waals surface area contributed by atoms with E-state index in [4.69, 9.17) is 9.47 Å². The first kappa shape index (κ1) is 18.0. The molecule has 5 heteroatoms. The lowest BCUT2D eigenvalue weighted by Gasteiger charge is -2.11. The third-order valence-electron chi connectivity index (χ3n) is 4.46. The highest BCUT2D eigenvalue weighted by molar-refractivity contribution is 5.93. The summed E-state index contributed by atoms with van der Waals surface area (Å²) in [4.78, 5) is 23.8. The van der Waals surface area contributed by atoms with Crippen molar-refractivity contribution >= 4 is 17.6 Å². The first-order valence-corrected chi connectivity index (χ1v) is 8.93. The SMILES string of the molecule is CCc1ccccc1NC(=O)COC(=O)COc1ccc2c(c1)CCC2. The Morgan fingerprint density at radius 3 is 2.69 bits per heavy atom. The van der Waals surface area contributed by atoms with Crippen LogP contribution in [0.15, 0.2) is 42.5 Å². The average molecular weight is 353 g/mol. The van der Waals surface area contributed by atoms with Crippen molar-refractivity contribution in [3.05, 3.63) is 59.2 Å². The minimum atomic E-state index is -0.565. The molecular formula is C21H23NO4. The van der Waals surface area contributed by atoms with E-state index in [-0.39, 0.29) is 19.1 Å². The Bertz CT molecular complexity index is 800. The maximum absolute atomic E-state index is 12.0. The normalized spacial score (nSPS) is 12.3. The van der Waals surface area contributed by atoms with Crippen LogP contribution in [-0.2, 0) is 33.6 Å². The molecule has 2 aromatic carbocycles. The van der Waals surface area contributed by atoms with Gasteiger partial charge in [0.25, 0.3) is 5.91 Å². The Kier molecular flexibility index (Phi) is 5.89. The van der Waals surface area contributed by atoms with Crippen LogP contribution < -0.4 is 10.1 Å². The number of hydrogen-bond donors (Lipinski definition) is 1. The molecule has 136 valence electrons. The number of carbonyl (C=O) groups excluding carboxylic acids is 2. The van der Waals surface area contributed by atoms with Gasteiger partial charge in [0, 0.05) is 5.69 Å². The van der Waals surface area contributed by atoms with Crippen LogP contribution in [0.5, 0.6) is 5.75 Å². The van der Waals surface area contributed by atoms with Crippen LogP contribution >= 0.6 is 0 Å². The fourth-order valence-electron chi connectivity index (χ4n) is 3.10. The number of nitrogens with one attached hydrogen (secondary N) is 1. The number of esters is 1. The smallest absolute Gasteiger partial charge is 0.344 e. The maximum atomic E-state index is 12.0. The van der Waals surface area contributed by atoms with Gasteiger partial charge in [-0.25, -0.2) is 4.79 Å². The largest absolute Gasteiger partial charge is 0.482 e. The Morgan fingerprint density at radius 1 is 1.04 bits per heavy atom. The highest BCUT2D eigenvalue weighted by atomic mass is 16.6. The van der Waals surface area contributed by atoms with Gasteiger partial charge in [-0.2, -0.15) is 0 Å². The number of amides is 1. The Hall–Kier alpha value is -2.82. The summed E-state index contributed by atoms with van der Waals surface area (Å²) < 4.78 is 10.5. The summed E-state index contributed by atoms with van der Waals surface area (Å²) in [7, 11) is 0. The number of anilines is 1. The number of rotatable bonds is 7. The van der Waals surface area contributed by atoms with E-state index in [1.807, 2.05) is 49.4 Å². The molecule has 0 saturated carbocycles. The lowest BCUT2D eigenvalue weighted by molar-refractivity contribution is -0.149. The van der Waals surface area contributed by atoms with E-state index in [9.17, 15) is 9.59 Å². The number of hydrogen-bond acceptors (Lipinski definition) is 4. The fraction of sp³-hybridized carbons (Fsp3) is 0.333. The van der Waals surface area contributed by atoms with Crippen molar-refractivity contribution in [1.29, 1.82) is 0 Å². The summed E-state index contributed by atoms with van der Waals surface area (Å²) in [6.07, 6.45) is 4.13. The van der Waals surface area contributed by atoms with Crippen molar-refractivity contribution in [3.63, 3.8) is 0 Å². The molecule has 1 aliphatic rings. The molecule has 0 saturated heterocycles. The second kappa shape index (κ2) is 8.52. The third-order valence-corrected chi connectivity index (χ3v) is 4.46. The second-order valence-electron chi connectivity index (χ2n) is 6.29. The van der Waals surface area contributed by atoms with E-state index in [1.165, 1.54) is 11.1 Å². The highest BCUT2D eigenvalue weighted by Gasteiger charge is 2.13. The van der Waals surface area contributed by atoms with Gasteiger partial charge in [-0.3, -0.25) is 4.79 Å². The van der Waals surface area contributed by atoms with Gasteiger partial charge >= 0.3 is 5.97 Å². The Balaban J connectivity index is 1.43.